The largest absolute Gasteiger partial charge is 0.419 e. The quantitative estimate of drug-likeness (QED) is 0.839. The average molecular weight is 315 g/mol. The molecule has 2 N–H and O–H groups in total. The van der Waals surface area contributed by atoms with Gasteiger partial charge in [-0.2, -0.15) is 13.2 Å². The van der Waals surface area contributed by atoms with Crippen molar-refractivity contribution in [1.29, 1.82) is 0 Å². The lowest BCUT2D eigenvalue weighted by Crippen LogP contribution is -2.37. The van der Waals surface area contributed by atoms with Crippen LogP contribution in [-0.4, -0.2) is 25.5 Å². The predicted molar refractivity (Wildman–Crippen MR) is 69.5 cm³/mol. The Labute approximate surface area is 120 Å². The summed E-state index contributed by atoms with van der Waals surface area (Å²) < 4.78 is 51.1. The lowest BCUT2D eigenvalue weighted by atomic mass is 10.1. The van der Waals surface area contributed by atoms with Crippen molar-refractivity contribution in [2.45, 2.75) is 19.1 Å². The van der Waals surface area contributed by atoms with E-state index in [2.05, 4.69) is 10.6 Å². The lowest BCUT2D eigenvalue weighted by Gasteiger charge is -2.13. The summed E-state index contributed by atoms with van der Waals surface area (Å²) in [6.45, 7) is 1.95. The standard InChI is InChI=1S/C12H14F4N2O.ClH/c1-7(17-2)6-18-11(19)8-4-3-5-9(10(8)13)12(14,15)16;/h3-5,7,17H,6H2,1-2H3,(H,18,19);1H. The van der Waals surface area contributed by atoms with Gasteiger partial charge < -0.3 is 10.6 Å². The van der Waals surface area contributed by atoms with Crippen molar-refractivity contribution in [1.82, 2.24) is 10.6 Å². The zero-order chi connectivity index (χ0) is 14.6. The molecule has 0 saturated heterocycles. The Bertz CT molecular complexity index is 465. The van der Waals surface area contributed by atoms with Crippen LogP contribution in [0.15, 0.2) is 18.2 Å². The Morgan fingerprint density at radius 1 is 1.35 bits per heavy atom. The van der Waals surface area contributed by atoms with Crippen LogP contribution >= 0.6 is 12.4 Å². The van der Waals surface area contributed by atoms with Gasteiger partial charge in [-0.1, -0.05) is 6.07 Å². The van der Waals surface area contributed by atoms with E-state index in [0.29, 0.717) is 6.07 Å². The zero-order valence-electron chi connectivity index (χ0n) is 10.8. The highest BCUT2D eigenvalue weighted by molar-refractivity contribution is 5.94. The number of nitrogens with one attached hydrogen (secondary N) is 2. The topological polar surface area (TPSA) is 41.1 Å². The van der Waals surface area contributed by atoms with Gasteiger partial charge in [0.15, 0.2) is 0 Å². The Balaban J connectivity index is 0.00000361. The molecule has 0 aliphatic heterocycles. The lowest BCUT2D eigenvalue weighted by molar-refractivity contribution is -0.140. The summed E-state index contributed by atoms with van der Waals surface area (Å²) in [6.07, 6.45) is -4.82. The number of hydrogen-bond donors (Lipinski definition) is 2. The Hall–Kier alpha value is -1.34. The molecule has 0 heterocycles. The number of carbonyl (C=O) groups is 1. The molecule has 0 aliphatic rings. The van der Waals surface area contributed by atoms with Crippen LogP contribution in [0.3, 0.4) is 0 Å². The monoisotopic (exact) mass is 314 g/mol. The van der Waals surface area contributed by atoms with Crippen LogP contribution in [-0.2, 0) is 6.18 Å². The van der Waals surface area contributed by atoms with Crippen LogP contribution in [0.1, 0.15) is 22.8 Å². The third-order valence-corrected chi connectivity index (χ3v) is 2.61. The summed E-state index contributed by atoms with van der Waals surface area (Å²) in [7, 11) is 1.67. The Morgan fingerprint density at radius 3 is 2.45 bits per heavy atom. The molecule has 1 atom stereocenters. The van der Waals surface area contributed by atoms with E-state index >= 15 is 0 Å². The van der Waals surface area contributed by atoms with Crippen molar-refractivity contribution in [3.63, 3.8) is 0 Å². The summed E-state index contributed by atoms with van der Waals surface area (Å²) in [5.41, 5.74) is -2.06. The second-order valence-corrected chi connectivity index (χ2v) is 4.06. The number of likely N-dealkylation sites (N-methyl/N-ethyl adjacent to an activating group) is 1. The minimum atomic E-state index is -4.82. The minimum absolute atomic E-state index is 0. The van der Waals surface area contributed by atoms with E-state index in [9.17, 15) is 22.4 Å². The molecule has 1 rings (SSSR count). The molecular weight excluding hydrogens is 300 g/mol. The first-order chi connectivity index (χ1) is 8.77. The molecule has 0 aromatic heterocycles. The van der Waals surface area contributed by atoms with Gasteiger partial charge in [-0.3, -0.25) is 4.79 Å². The van der Waals surface area contributed by atoms with Gasteiger partial charge in [0.2, 0.25) is 0 Å². The summed E-state index contributed by atoms with van der Waals surface area (Å²) in [4.78, 5) is 11.6. The summed E-state index contributed by atoms with van der Waals surface area (Å²) in [5.74, 6) is -2.42. The zero-order valence-corrected chi connectivity index (χ0v) is 11.7. The second-order valence-electron chi connectivity index (χ2n) is 4.06. The molecule has 114 valence electrons. The van der Waals surface area contributed by atoms with Gasteiger partial charge in [0, 0.05) is 12.6 Å². The van der Waals surface area contributed by atoms with Crippen LogP contribution in [0.2, 0.25) is 0 Å². The molecule has 0 fully saturated rings. The van der Waals surface area contributed by atoms with Crippen molar-refractivity contribution < 1.29 is 22.4 Å². The molecule has 1 unspecified atom stereocenters. The van der Waals surface area contributed by atoms with Crippen molar-refractivity contribution in [3.8, 4) is 0 Å². The number of amides is 1. The van der Waals surface area contributed by atoms with Crippen LogP contribution in [0.4, 0.5) is 17.6 Å². The molecule has 0 bridgehead atoms. The molecule has 1 aromatic rings. The molecule has 20 heavy (non-hydrogen) atoms. The fraction of sp³-hybridized carbons (Fsp3) is 0.417. The van der Waals surface area contributed by atoms with Crippen LogP contribution in [0.25, 0.3) is 0 Å². The first-order valence-electron chi connectivity index (χ1n) is 5.58. The predicted octanol–water partition coefficient (Wildman–Crippen LogP) is 2.60. The fourth-order valence-electron chi connectivity index (χ4n) is 1.37. The summed E-state index contributed by atoms with van der Waals surface area (Å²) in [5, 5.41) is 5.19. The van der Waals surface area contributed by atoms with Gasteiger partial charge in [-0.15, -0.1) is 12.4 Å². The van der Waals surface area contributed by atoms with Crippen molar-refractivity contribution in [2.75, 3.05) is 13.6 Å². The maximum atomic E-state index is 13.6. The highest BCUT2D eigenvalue weighted by Gasteiger charge is 2.35. The van der Waals surface area contributed by atoms with E-state index in [1.165, 1.54) is 0 Å². The summed E-state index contributed by atoms with van der Waals surface area (Å²) >= 11 is 0. The molecule has 0 spiro atoms. The highest BCUT2D eigenvalue weighted by atomic mass is 35.5. The number of halogens is 5. The third kappa shape index (κ3) is 4.64. The molecule has 0 aliphatic carbocycles. The van der Waals surface area contributed by atoms with Gasteiger partial charge >= 0.3 is 6.18 Å². The van der Waals surface area contributed by atoms with Crippen molar-refractivity contribution in [3.05, 3.63) is 35.1 Å². The van der Waals surface area contributed by atoms with E-state index in [1.807, 2.05) is 0 Å². The van der Waals surface area contributed by atoms with Gasteiger partial charge in [0.05, 0.1) is 11.1 Å². The molecule has 0 saturated carbocycles. The first-order valence-corrected chi connectivity index (χ1v) is 5.58. The molecule has 3 nitrogen and oxygen atoms in total. The minimum Gasteiger partial charge on any atom is -0.350 e. The number of hydrogen-bond acceptors (Lipinski definition) is 2. The molecule has 8 heteroatoms. The van der Waals surface area contributed by atoms with E-state index in [-0.39, 0.29) is 25.0 Å². The molecule has 1 aromatic carbocycles. The van der Waals surface area contributed by atoms with Crippen LogP contribution < -0.4 is 10.6 Å². The van der Waals surface area contributed by atoms with Crippen molar-refractivity contribution in [2.24, 2.45) is 0 Å². The van der Waals surface area contributed by atoms with E-state index in [1.54, 1.807) is 14.0 Å². The average Bonchev–Trinajstić information content (AvgIpc) is 2.34. The summed E-state index contributed by atoms with van der Waals surface area (Å²) in [6, 6.07) is 2.55. The van der Waals surface area contributed by atoms with Gasteiger partial charge in [-0.05, 0) is 26.1 Å². The maximum absolute atomic E-state index is 13.6. The van der Waals surface area contributed by atoms with Crippen LogP contribution in [0.5, 0.6) is 0 Å². The second kappa shape index (κ2) is 7.44. The SMILES string of the molecule is CNC(C)CNC(=O)c1cccc(C(F)(F)F)c1F.Cl. The normalized spacial score (nSPS) is 12.5. The van der Waals surface area contributed by atoms with E-state index in [0.717, 1.165) is 12.1 Å². The molecular formula is C12H15ClF4N2O. The Morgan fingerprint density at radius 2 is 1.95 bits per heavy atom. The van der Waals surface area contributed by atoms with E-state index < -0.39 is 29.0 Å². The number of benzene rings is 1. The third-order valence-electron chi connectivity index (χ3n) is 2.61. The molecule has 0 radical (unpaired) electrons. The number of carbonyl (C=O) groups excluding carboxylic acids is 1. The van der Waals surface area contributed by atoms with Gasteiger partial charge in [0.25, 0.3) is 5.91 Å². The smallest absolute Gasteiger partial charge is 0.350 e. The number of alkyl halides is 3. The maximum Gasteiger partial charge on any atom is 0.419 e. The highest BCUT2D eigenvalue weighted by Crippen LogP contribution is 2.32. The first kappa shape index (κ1) is 18.7. The van der Waals surface area contributed by atoms with Crippen molar-refractivity contribution >= 4 is 18.3 Å². The van der Waals surface area contributed by atoms with Gasteiger partial charge in [0.1, 0.15) is 5.82 Å². The number of rotatable bonds is 4. The fourth-order valence-corrected chi connectivity index (χ4v) is 1.37. The van der Waals surface area contributed by atoms with Gasteiger partial charge in [-0.25, -0.2) is 4.39 Å². The Kier molecular flexibility index (Phi) is 6.95. The molecule has 1 amide bonds. The van der Waals surface area contributed by atoms with E-state index in [4.69, 9.17) is 0 Å². The van der Waals surface area contributed by atoms with Crippen LogP contribution in [0, 0.1) is 5.82 Å².